The number of carbonyl (C=O) groups excluding carboxylic acids is 1. The molecule has 3 aromatic rings. The van der Waals surface area contributed by atoms with Crippen LogP contribution in [-0.2, 0) is 6.18 Å². The molecule has 10 heteroatoms. The van der Waals surface area contributed by atoms with Crippen molar-refractivity contribution in [3.05, 3.63) is 35.7 Å². The molecule has 2 N–H and O–H groups in total. The number of carbonyl (C=O) groups is 1. The Balaban J connectivity index is 2.19. The van der Waals surface area contributed by atoms with E-state index in [0.717, 1.165) is 11.3 Å². The van der Waals surface area contributed by atoms with Crippen LogP contribution in [0.4, 0.5) is 13.2 Å². The highest BCUT2D eigenvalue weighted by molar-refractivity contribution is 7.19. The van der Waals surface area contributed by atoms with Crippen LogP contribution >= 0.6 is 11.3 Å². The fourth-order valence-corrected chi connectivity index (χ4v) is 2.67. The number of primary amides is 1. The molecule has 6 nitrogen and oxygen atoms in total. The van der Waals surface area contributed by atoms with Gasteiger partial charge in [0.25, 0.3) is 5.82 Å². The van der Waals surface area contributed by atoms with Crippen molar-refractivity contribution < 1.29 is 18.0 Å². The summed E-state index contributed by atoms with van der Waals surface area (Å²) < 4.78 is 38.8. The van der Waals surface area contributed by atoms with Crippen molar-refractivity contribution in [2.45, 2.75) is 6.18 Å². The highest BCUT2D eigenvalue weighted by atomic mass is 32.1. The summed E-state index contributed by atoms with van der Waals surface area (Å²) in [5.74, 6) is -1.90. The van der Waals surface area contributed by atoms with E-state index in [2.05, 4.69) is 15.3 Å². The molecule has 0 saturated heterocycles. The summed E-state index contributed by atoms with van der Waals surface area (Å²) in [7, 11) is 0. The van der Waals surface area contributed by atoms with Crippen molar-refractivity contribution in [3.8, 4) is 10.6 Å². The van der Waals surface area contributed by atoms with Gasteiger partial charge in [-0.25, -0.2) is 0 Å². The minimum atomic E-state index is -4.66. The topological polar surface area (TPSA) is 86.2 Å². The molecule has 108 valence electrons. The van der Waals surface area contributed by atoms with Gasteiger partial charge in [0.2, 0.25) is 10.9 Å². The second-order valence-electron chi connectivity index (χ2n) is 4.03. The Labute approximate surface area is 119 Å². The normalized spacial score (nSPS) is 12.0. The zero-order valence-corrected chi connectivity index (χ0v) is 10.9. The Morgan fingerprint density at radius 1 is 1.24 bits per heavy atom. The first-order valence-corrected chi connectivity index (χ1v) is 6.38. The lowest BCUT2D eigenvalue weighted by molar-refractivity contribution is -0.146. The number of benzene rings is 1. The molecule has 0 spiro atoms. The maximum atomic E-state index is 12.7. The van der Waals surface area contributed by atoms with Crippen LogP contribution in [0.15, 0.2) is 24.3 Å². The standard InChI is InChI=1S/C11H6F3N5OS/c12-11(13,14)9-16-17-10-19(9)18-8(21-10)6-4-2-1-3-5(6)7(15)20/h1-4H,(H2,15,20). The number of nitrogens with zero attached hydrogens (tertiary/aromatic N) is 4. The van der Waals surface area contributed by atoms with Crippen molar-refractivity contribution in [1.29, 1.82) is 0 Å². The van der Waals surface area contributed by atoms with Gasteiger partial charge in [-0.1, -0.05) is 29.5 Å². The minimum Gasteiger partial charge on any atom is -0.366 e. The van der Waals surface area contributed by atoms with Crippen LogP contribution in [0.25, 0.3) is 15.5 Å². The summed E-state index contributed by atoms with van der Waals surface area (Å²) in [6, 6.07) is 6.27. The van der Waals surface area contributed by atoms with Gasteiger partial charge in [0, 0.05) is 11.1 Å². The molecule has 0 saturated carbocycles. The predicted octanol–water partition coefficient (Wildman–Crippen LogP) is 1.97. The number of amides is 1. The Hall–Kier alpha value is -2.49. The maximum absolute atomic E-state index is 12.7. The Kier molecular flexibility index (Phi) is 2.90. The molecule has 1 aromatic carbocycles. The molecule has 0 radical (unpaired) electrons. The third-order valence-corrected chi connectivity index (χ3v) is 3.60. The van der Waals surface area contributed by atoms with E-state index in [0.29, 0.717) is 10.1 Å². The Morgan fingerprint density at radius 3 is 2.62 bits per heavy atom. The van der Waals surface area contributed by atoms with Crippen molar-refractivity contribution in [1.82, 2.24) is 19.8 Å². The van der Waals surface area contributed by atoms with Crippen LogP contribution in [0.1, 0.15) is 16.2 Å². The van der Waals surface area contributed by atoms with Gasteiger partial charge in [0.05, 0.1) is 0 Å². The molecular weight excluding hydrogens is 307 g/mol. The summed E-state index contributed by atoms with van der Waals surface area (Å²) >= 11 is 0.889. The van der Waals surface area contributed by atoms with Crippen molar-refractivity contribution in [3.63, 3.8) is 0 Å². The van der Waals surface area contributed by atoms with E-state index in [4.69, 9.17) is 5.73 Å². The molecule has 2 heterocycles. The lowest BCUT2D eigenvalue weighted by Crippen LogP contribution is -2.13. The molecule has 0 bridgehead atoms. The third kappa shape index (κ3) is 2.23. The molecule has 0 atom stereocenters. The highest BCUT2D eigenvalue weighted by Gasteiger charge is 2.38. The van der Waals surface area contributed by atoms with E-state index in [9.17, 15) is 18.0 Å². The zero-order valence-electron chi connectivity index (χ0n) is 10.1. The number of nitrogens with two attached hydrogens (primary N) is 1. The minimum absolute atomic E-state index is 0.0170. The fourth-order valence-electron chi connectivity index (χ4n) is 1.79. The smallest absolute Gasteiger partial charge is 0.366 e. The Bertz CT molecular complexity index is 838. The third-order valence-electron chi connectivity index (χ3n) is 2.67. The molecule has 2 aromatic heterocycles. The summed E-state index contributed by atoms with van der Waals surface area (Å²) in [6.07, 6.45) is -4.66. The summed E-state index contributed by atoms with van der Waals surface area (Å²) in [6.45, 7) is 0. The lowest BCUT2D eigenvalue weighted by Gasteiger charge is -2.02. The number of rotatable bonds is 2. The van der Waals surface area contributed by atoms with Crippen molar-refractivity contribution >= 4 is 22.2 Å². The van der Waals surface area contributed by atoms with E-state index in [1.54, 1.807) is 18.2 Å². The predicted molar refractivity (Wildman–Crippen MR) is 67.6 cm³/mol. The monoisotopic (exact) mass is 313 g/mol. The van der Waals surface area contributed by atoms with Crippen molar-refractivity contribution in [2.24, 2.45) is 5.73 Å². The highest BCUT2D eigenvalue weighted by Crippen LogP contribution is 2.32. The van der Waals surface area contributed by atoms with Gasteiger partial charge in [-0.3, -0.25) is 4.79 Å². The van der Waals surface area contributed by atoms with Crippen molar-refractivity contribution in [2.75, 3.05) is 0 Å². The van der Waals surface area contributed by atoms with Crippen LogP contribution in [0.3, 0.4) is 0 Å². The zero-order chi connectivity index (χ0) is 15.2. The molecular formula is C11H6F3N5OS. The van der Waals surface area contributed by atoms with Gasteiger partial charge < -0.3 is 5.73 Å². The van der Waals surface area contributed by atoms with Gasteiger partial charge in [0.15, 0.2) is 0 Å². The first-order chi connectivity index (χ1) is 9.88. The summed E-state index contributed by atoms with van der Waals surface area (Å²) in [5.41, 5.74) is 5.78. The van der Waals surface area contributed by atoms with Gasteiger partial charge in [0.1, 0.15) is 5.01 Å². The average molecular weight is 313 g/mol. The van der Waals surface area contributed by atoms with Gasteiger partial charge in [-0.2, -0.15) is 22.8 Å². The number of fused-ring (bicyclic) bond motifs is 1. The van der Waals surface area contributed by atoms with E-state index in [-0.39, 0.29) is 15.5 Å². The molecule has 0 fully saturated rings. The molecule has 1 amide bonds. The largest absolute Gasteiger partial charge is 0.453 e. The molecule has 0 unspecified atom stereocenters. The molecule has 21 heavy (non-hydrogen) atoms. The Morgan fingerprint density at radius 2 is 1.95 bits per heavy atom. The van der Waals surface area contributed by atoms with E-state index >= 15 is 0 Å². The average Bonchev–Trinajstić information content (AvgIpc) is 2.96. The number of halogens is 3. The van der Waals surface area contributed by atoms with Gasteiger partial charge in [-0.05, 0) is 6.07 Å². The van der Waals surface area contributed by atoms with Crippen LogP contribution in [0, 0.1) is 0 Å². The quantitative estimate of drug-likeness (QED) is 0.783. The maximum Gasteiger partial charge on any atom is 0.453 e. The molecule has 0 aliphatic rings. The van der Waals surface area contributed by atoms with Gasteiger partial charge in [-0.15, -0.1) is 10.2 Å². The number of aromatic nitrogens is 4. The van der Waals surface area contributed by atoms with Gasteiger partial charge >= 0.3 is 6.18 Å². The van der Waals surface area contributed by atoms with Crippen LogP contribution in [0.2, 0.25) is 0 Å². The number of alkyl halides is 3. The first kappa shape index (κ1) is 13.5. The van der Waals surface area contributed by atoms with Crippen LogP contribution < -0.4 is 5.73 Å². The van der Waals surface area contributed by atoms with Crippen LogP contribution in [-0.4, -0.2) is 25.7 Å². The molecule has 0 aliphatic carbocycles. The first-order valence-electron chi connectivity index (χ1n) is 5.56. The second-order valence-corrected chi connectivity index (χ2v) is 4.99. The van der Waals surface area contributed by atoms with E-state index in [1.807, 2.05) is 0 Å². The summed E-state index contributed by atoms with van der Waals surface area (Å²) in [4.78, 5) is 11.3. The van der Waals surface area contributed by atoms with E-state index < -0.39 is 17.9 Å². The second kappa shape index (κ2) is 4.52. The molecule has 0 aliphatic heterocycles. The molecule has 3 rings (SSSR count). The number of hydrogen-bond acceptors (Lipinski definition) is 5. The SMILES string of the molecule is NC(=O)c1ccccc1-c1nn2c(C(F)(F)F)nnc2s1. The summed E-state index contributed by atoms with van der Waals surface area (Å²) in [5, 5.41) is 10.5. The lowest BCUT2D eigenvalue weighted by atomic mass is 10.1. The van der Waals surface area contributed by atoms with E-state index in [1.165, 1.54) is 6.07 Å². The van der Waals surface area contributed by atoms with Crippen LogP contribution in [0.5, 0.6) is 0 Å². The number of hydrogen-bond donors (Lipinski definition) is 1. The fraction of sp³-hybridized carbons (Fsp3) is 0.0909.